The van der Waals surface area contributed by atoms with Crippen molar-refractivity contribution >= 4 is 0 Å². The topological polar surface area (TPSA) is 6.48 Å². The van der Waals surface area contributed by atoms with E-state index in [0.717, 1.165) is 31.6 Å². The van der Waals surface area contributed by atoms with Crippen LogP contribution in [0.1, 0.15) is 17.5 Å². The van der Waals surface area contributed by atoms with Crippen molar-refractivity contribution in [2.45, 2.75) is 25.6 Å². The molecule has 0 bridgehead atoms. The monoisotopic (exact) mass is 298 g/mol. The predicted molar refractivity (Wildman–Crippen MR) is 88.0 cm³/mol. The first-order valence-corrected chi connectivity index (χ1v) is 7.92. The lowest BCUT2D eigenvalue weighted by atomic mass is 10.1. The van der Waals surface area contributed by atoms with E-state index in [1.165, 1.54) is 5.56 Å². The summed E-state index contributed by atoms with van der Waals surface area (Å²) < 4.78 is 13.7. The van der Waals surface area contributed by atoms with Crippen molar-refractivity contribution in [3.8, 4) is 0 Å². The van der Waals surface area contributed by atoms with Gasteiger partial charge in [0.2, 0.25) is 0 Å². The number of hydrogen-bond donors (Lipinski definition) is 0. The maximum absolute atomic E-state index is 13.7. The third kappa shape index (κ3) is 3.73. The largest absolute Gasteiger partial charge is 0.298 e. The van der Waals surface area contributed by atoms with Gasteiger partial charge < -0.3 is 0 Å². The van der Waals surface area contributed by atoms with Crippen molar-refractivity contribution in [3.05, 3.63) is 71.5 Å². The first-order valence-electron chi connectivity index (χ1n) is 7.92. The highest BCUT2D eigenvalue weighted by Crippen LogP contribution is 2.19. The first kappa shape index (κ1) is 15.2. The molecule has 0 aromatic heterocycles. The highest BCUT2D eigenvalue weighted by Gasteiger charge is 2.26. The number of halogens is 1. The van der Waals surface area contributed by atoms with Crippen LogP contribution in [-0.2, 0) is 13.1 Å². The third-order valence-electron chi connectivity index (χ3n) is 4.50. The summed E-state index contributed by atoms with van der Waals surface area (Å²) in [5.74, 6) is -0.0939. The van der Waals surface area contributed by atoms with Crippen LogP contribution in [-0.4, -0.2) is 36.0 Å². The number of benzene rings is 2. The highest BCUT2D eigenvalue weighted by molar-refractivity contribution is 5.17. The first-order chi connectivity index (χ1) is 10.7. The minimum absolute atomic E-state index is 0.0939. The molecule has 1 saturated heterocycles. The Morgan fingerprint density at radius 2 is 1.82 bits per heavy atom. The number of rotatable bonds is 5. The fraction of sp³-hybridized carbons (Fsp3) is 0.368. The second kappa shape index (κ2) is 7.03. The van der Waals surface area contributed by atoms with E-state index < -0.39 is 0 Å². The van der Waals surface area contributed by atoms with Gasteiger partial charge in [-0.05, 0) is 25.1 Å². The Kier molecular flexibility index (Phi) is 4.86. The molecule has 2 aromatic carbocycles. The summed E-state index contributed by atoms with van der Waals surface area (Å²) in [5.41, 5.74) is 2.14. The lowest BCUT2D eigenvalue weighted by Gasteiger charge is -2.25. The van der Waals surface area contributed by atoms with E-state index in [1.54, 1.807) is 12.1 Å². The van der Waals surface area contributed by atoms with Gasteiger partial charge in [-0.2, -0.15) is 0 Å². The van der Waals surface area contributed by atoms with Gasteiger partial charge in [0, 0.05) is 37.8 Å². The van der Waals surface area contributed by atoms with Crippen LogP contribution in [0.4, 0.5) is 4.39 Å². The predicted octanol–water partition coefficient (Wildman–Crippen LogP) is 3.53. The van der Waals surface area contributed by atoms with Crippen molar-refractivity contribution in [1.29, 1.82) is 0 Å². The van der Waals surface area contributed by atoms with E-state index in [0.29, 0.717) is 12.6 Å². The van der Waals surface area contributed by atoms with Crippen molar-refractivity contribution in [2.24, 2.45) is 0 Å². The standard InChI is InChI=1S/C19H23FN2/c1-21(13-16-7-3-2-4-8-16)18-11-12-22(15-18)14-17-9-5-6-10-19(17)20/h2-10,18H,11-15H2,1H3/t18-/m1/s1. The molecule has 0 aliphatic carbocycles. The van der Waals surface area contributed by atoms with Gasteiger partial charge >= 0.3 is 0 Å². The lowest BCUT2D eigenvalue weighted by molar-refractivity contribution is 0.222. The molecular formula is C19H23FN2. The maximum Gasteiger partial charge on any atom is 0.127 e. The molecule has 22 heavy (non-hydrogen) atoms. The summed E-state index contributed by atoms with van der Waals surface area (Å²) >= 11 is 0. The minimum Gasteiger partial charge on any atom is -0.298 e. The Hall–Kier alpha value is -1.71. The highest BCUT2D eigenvalue weighted by atomic mass is 19.1. The van der Waals surface area contributed by atoms with Gasteiger partial charge in [0.15, 0.2) is 0 Å². The van der Waals surface area contributed by atoms with Gasteiger partial charge in [0.05, 0.1) is 0 Å². The van der Waals surface area contributed by atoms with Gasteiger partial charge in [0.1, 0.15) is 5.82 Å². The number of hydrogen-bond acceptors (Lipinski definition) is 2. The Labute approximate surface area is 132 Å². The van der Waals surface area contributed by atoms with E-state index in [4.69, 9.17) is 0 Å². The van der Waals surface area contributed by atoms with Crippen molar-refractivity contribution in [2.75, 3.05) is 20.1 Å². The summed E-state index contributed by atoms with van der Waals surface area (Å²) in [7, 11) is 2.18. The van der Waals surface area contributed by atoms with Gasteiger partial charge in [-0.15, -0.1) is 0 Å². The fourth-order valence-corrected chi connectivity index (χ4v) is 3.18. The van der Waals surface area contributed by atoms with Gasteiger partial charge in [0.25, 0.3) is 0 Å². The van der Waals surface area contributed by atoms with E-state index in [9.17, 15) is 4.39 Å². The second-order valence-corrected chi connectivity index (χ2v) is 6.17. The molecule has 0 amide bonds. The van der Waals surface area contributed by atoms with E-state index >= 15 is 0 Å². The quantitative estimate of drug-likeness (QED) is 0.833. The number of likely N-dealkylation sites (N-methyl/N-ethyl adjacent to an activating group) is 1. The van der Waals surface area contributed by atoms with Crippen LogP contribution in [0.2, 0.25) is 0 Å². The summed E-state index contributed by atoms with van der Waals surface area (Å²) in [6.45, 7) is 3.73. The Bertz CT molecular complexity index is 599. The molecule has 0 unspecified atom stereocenters. The number of likely N-dealkylation sites (tertiary alicyclic amines) is 1. The summed E-state index contributed by atoms with van der Waals surface area (Å²) in [5, 5.41) is 0. The molecule has 0 saturated carbocycles. The SMILES string of the molecule is CN(Cc1ccccc1)[C@@H]1CCN(Cc2ccccc2F)C1. The molecular weight excluding hydrogens is 275 g/mol. The number of nitrogens with zero attached hydrogens (tertiary/aromatic N) is 2. The van der Waals surface area contributed by atoms with Crippen LogP contribution in [0.5, 0.6) is 0 Å². The van der Waals surface area contributed by atoms with Crippen LogP contribution >= 0.6 is 0 Å². The average Bonchev–Trinajstić information content (AvgIpc) is 2.99. The van der Waals surface area contributed by atoms with Crippen LogP contribution in [0.3, 0.4) is 0 Å². The molecule has 116 valence electrons. The van der Waals surface area contributed by atoms with Crippen LogP contribution in [0.25, 0.3) is 0 Å². The van der Waals surface area contributed by atoms with Crippen molar-refractivity contribution < 1.29 is 4.39 Å². The normalized spacial score (nSPS) is 19.0. The second-order valence-electron chi connectivity index (χ2n) is 6.17. The molecule has 1 fully saturated rings. The smallest absolute Gasteiger partial charge is 0.127 e. The van der Waals surface area contributed by atoms with Crippen molar-refractivity contribution in [3.63, 3.8) is 0 Å². The Morgan fingerprint density at radius 1 is 1.09 bits per heavy atom. The molecule has 1 aliphatic heterocycles. The van der Waals surface area contributed by atoms with E-state index in [1.807, 2.05) is 12.1 Å². The van der Waals surface area contributed by atoms with Crippen LogP contribution in [0, 0.1) is 5.82 Å². The zero-order chi connectivity index (χ0) is 15.4. The third-order valence-corrected chi connectivity index (χ3v) is 4.50. The maximum atomic E-state index is 13.7. The summed E-state index contributed by atoms with van der Waals surface area (Å²) in [6, 6.07) is 18.2. The Balaban J connectivity index is 1.55. The van der Waals surface area contributed by atoms with Gasteiger partial charge in [-0.25, -0.2) is 4.39 Å². The lowest BCUT2D eigenvalue weighted by Crippen LogP contribution is -2.34. The molecule has 0 N–H and O–H groups in total. The van der Waals surface area contributed by atoms with Crippen LogP contribution < -0.4 is 0 Å². The van der Waals surface area contributed by atoms with Crippen molar-refractivity contribution in [1.82, 2.24) is 9.80 Å². The molecule has 2 aromatic rings. The summed E-state index contributed by atoms with van der Waals surface area (Å²) in [6.07, 6.45) is 1.15. The van der Waals surface area contributed by atoms with E-state index in [2.05, 4.69) is 47.2 Å². The minimum atomic E-state index is -0.0939. The molecule has 1 atom stereocenters. The molecule has 3 heteroatoms. The van der Waals surface area contributed by atoms with E-state index in [-0.39, 0.29) is 5.82 Å². The molecule has 0 spiro atoms. The molecule has 1 heterocycles. The van der Waals surface area contributed by atoms with Gasteiger partial charge in [-0.1, -0.05) is 48.5 Å². The zero-order valence-electron chi connectivity index (χ0n) is 13.1. The zero-order valence-corrected chi connectivity index (χ0v) is 13.1. The molecule has 2 nitrogen and oxygen atoms in total. The molecule has 0 radical (unpaired) electrons. The molecule has 1 aliphatic rings. The van der Waals surface area contributed by atoms with Gasteiger partial charge in [-0.3, -0.25) is 9.80 Å². The Morgan fingerprint density at radius 3 is 2.59 bits per heavy atom. The van der Waals surface area contributed by atoms with Crippen LogP contribution in [0.15, 0.2) is 54.6 Å². The average molecular weight is 298 g/mol. The summed E-state index contributed by atoms with van der Waals surface area (Å²) in [4.78, 5) is 4.77. The molecule has 3 rings (SSSR count). The fourth-order valence-electron chi connectivity index (χ4n) is 3.18.